The maximum Gasteiger partial charge on any atom is 0.303 e. The normalized spacial score (nSPS) is 10.4. The minimum Gasteiger partial charge on any atom is -0.481 e. The van der Waals surface area contributed by atoms with E-state index < -0.39 is 5.97 Å². The molecule has 1 aromatic carbocycles. The van der Waals surface area contributed by atoms with Crippen LogP contribution < -0.4 is 5.32 Å². The first-order valence-corrected chi connectivity index (χ1v) is 7.13. The van der Waals surface area contributed by atoms with Gasteiger partial charge in [-0.25, -0.2) is 4.68 Å². The second-order valence-corrected chi connectivity index (χ2v) is 4.86. The van der Waals surface area contributed by atoms with Crippen LogP contribution in [0.25, 0.3) is 5.69 Å². The molecule has 22 heavy (non-hydrogen) atoms. The molecule has 0 saturated carbocycles. The smallest absolute Gasteiger partial charge is 0.303 e. The largest absolute Gasteiger partial charge is 0.481 e. The fourth-order valence-corrected chi connectivity index (χ4v) is 2.02. The van der Waals surface area contributed by atoms with Crippen LogP contribution in [-0.2, 0) is 4.79 Å². The molecule has 1 amide bonds. The molecule has 2 N–H and O–H groups in total. The second kappa shape index (κ2) is 7.92. The molecule has 0 bridgehead atoms. The minimum atomic E-state index is -0.783. The van der Waals surface area contributed by atoms with Crippen LogP contribution in [0.15, 0.2) is 36.7 Å². The van der Waals surface area contributed by atoms with Crippen LogP contribution >= 0.6 is 0 Å². The van der Waals surface area contributed by atoms with Gasteiger partial charge in [0.1, 0.15) is 0 Å². The molecule has 0 atom stereocenters. The number of aliphatic carboxylic acids is 1. The van der Waals surface area contributed by atoms with Crippen molar-refractivity contribution in [2.24, 2.45) is 0 Å². The maximum atomic E-state index is 12.1. The second-order valence-electron chi connectivity index (χ2n) is 4.86. The number of carboxylic acid groups (broad SMARTS) is 1. The summed E-state index contributed by atoms with van der Waals surface area (Å²) < 4.78 is 1.59. The molecule has 7 nitrogen and oxygen atoms in total. The van der Waals surface area contributed by atoms with E-state index in [0.717, 1.165) is 18.5 Å². The van der Waals surface area contributed by atoms with Gasteiger partial charge in [-0.3, -0.25) is 9.59 Å². The molecule has 0 aliphatic carbocycles. The summed E-state index contributed by atoms with van der Waals surface area (Å²) in [5.41, 5.74) is 1.32. The van der Waals surface area contributed by atoms with Crippen molar-refractivity contribution >= 4 is 11.9 Å². The van der Waals surface area contributed by atoms with Gasteiger partial charge in [-0.15, -0.1) is 5.10 Å². The van der Waals surface area contributed by atoms with E-state index in [0.29, 0.717) is 18.5 Å². The number of rotatable bonds is 8. The first-order chi connectivity index (χ1) is 10.7. The van der Waals surface area contributed by atoms with Gasteiger partial charge in [0.25, 0.3) is 5.91 Å². The molecule has 7 heteroatoms. The van der Waals surface area contributed by atoms with Gasteiger partial charge >= 0.3 is 5.97 Å². The number of benzene rings is 1. The number of nitrogens with one attached hydrogen (secondary N) is 1. The lowest BCUT2D eigenvalue weighted by molar-refractivity contribution is -0.137. The molecule has 1 aromatic heterocycles. The topological polar surface area (TPSA) is 97.1 Å². The Morgan fingerprint density at radius 2 is 2.09 bits per heavy atom. The zero-order valence-electron chi connectivity index (χ0n) is 12.1. The number of hydrogen-bond donors (Lipinski definition) is 2. The van der Waals surface area contributed by atoms with E-state index in [4.69, 9.17) is 5.11 Å². The van der Waals surface area contributed by atoms with Crippen LogP contribution in [0.1, 0.15) is 36.0 Å². The Labute approximate surface area is 128 Å². The maximum absolute atomic E-state index is 12.1. The number of hydrogen-bond acceptors (Lipinski definition) is 4. The van der Waals surface area contributed by atoms with E-state index >= 15 is 0 Å². The average Bonchev–Trinajstić information content (AvgIpc) is 3.05. The van der Waals surface area contributed by atoms with Crippen molar-refractivity contribution in [2.45, 2.75) is 25.7 Å². The van der Waals surface area contributed by atoms with Crippen molar-refractivity contribution < 1.29 is 14.7 Å². The van der Waals surface area contributed by atoms with E-state index in [9.17, 15) is 9.59 Å². The number of carbonyl (C=O) groups excluding carboxylic acids is 1. The average molecular weight is 302 g/mol. The molecule has 0 unspecified atom stereocenters. The number of nitrogens with zero attached hydrogens (tertiary/aromatic N) is 3. The predicted octanol–water partition coefficient (Wildman–Crippen LogP) is 1.64. The third-order valence-electron chi connectivity index (χ3n) is 3.15. The van der Waals surface area contributed by atoms with Crippen molar-refractivity contribution in [1.82, 2.24) is 20.3 Å². The van der Waals surface area contributed by atoms with Crippen molar-refractivity contribution in [3.8, 4) is 5.69 Å². The standard InChI is InChI=1S/C15H18N4O3/c20-14(21)7-2-1-3-8-16-15(22)12-5-4-6-13(11-12)19-10-9-17-18-19/h4-6,9-11H,1-3,7-8H2,(H,16,22)(H,20,21). The van der Waals surface area contributed by atoms with Gasteiger partial charge < -0.3 is 10.4 Å². The number of carbonyl (C=O) groups is 2. The van der Waals surface area contributed by atoms with Crippen molar-refractivity contribution in [1.29, 1.82) is 0 Å². The molecular weight excluding hydrogens is 284 g/mol. The van der Waals surface area contributed by atoms with Crippen LogP contribution in [0.4, 0.5) is 0 Å². The Morgan fingerprint density at radius 1 is 1.23 bits per heavy atom. The van der Waals surface area contributed by atoms with E-state index in [1.807, 2.05) is 6.07 Å². The van der Waals surface area contributed by atoms with Gasteiger partial charge in [0.15, 0.2) is 0 Å². The highest BCUT2D eigenvalue weighted by Gasteiger charge is 2.07. The summed E-state index contributed by atoms with van der Waals surface area (Å²) >= 11 is 0. The monoisotopic (exact) mass is 302 g/mol. The Hall–Kier alpha value is -2.70. The fraction of sp³-hybridized carbons (Fsp3) is 0.333. The Kier molecular flexibility index (Phi) is 5.65. The molecule has 2 rings (SSSR count). The number of aromatic nitrogens is 3. The Morgan fingerprint density at radius 3 is 2.82 bits per heavy atom. The van der Waals surface area contributed by atoms with Crippen molar-refractivity contribution in [2.75, 3.05) is 6.54 Å². The SMILES string of the molecule is O=C(O)CCCCCNC(=O)c1cccc(-n2ccnn2)c1. The van der Waals surface area contributed by atoms with Crippen LogP contribution in [-0.4, -0.2) is 38.5 Å². The van der Waals surface area contributed by atoms with Gasteiger partial charge in [0.2, 0.25) is 0 Å². The zero-order chi connectivity index (χ0) is 15.8. The summed E-state index contributed by atoms with van der Waals surface area (Å²) in [6, 6.07) is 7.12. The highest BCUT2D eigenvalue weighted by atomic mass is 16.4. The number of amides is 1. The predicted molar refractivity (Wildman–Crippen MR) is 79.8 cm³/mol. The highest BCUT2D eigenvalue weighted by Crippen LogP contribution is 2.09. The summed E-state index contributed by atoms with van der Waals surface area (Å²) in [6.45, 7) is 0.534. The number of unbranched alkanes of at least 4 members (excludes halogenated alkanes) is 2. The first kappa shape index (κ1) is 15.7. The van der Waals surface area contributed by atoms with Gasteiger partial charge in [0.05, 0.1) is 18.1 Å². The molecule has 116 valence electrons. The number of carboxylic acids is 1. The van der Waals surface area contributed by atoms with Crippen LogP contribution in [0.5, 0.6) is 0 Å². The molecule has 0 spiro atoms. The molecule has 1 heterocycles. The van der Waals surface area contributed by atoms with Gasteiger partial charge in [-0.1, -0.05) is 17.7 Å². The van der Waals surface area contributed by atoms with E-state index in [2.05, 4.69) is 15.6 Å². The summed E-state index contributed by atoms with van der Waals surface area (Å²) in [7, 11) is 0. The molecular formula is C15H18N4O3. The summed E-state index contributed by atoms with van der Waals surface area (Å²) in [5, 5.41) is 19.0. The van der Waals surface area contributed by atoms with Gasteiger partial charge in [-0.2, -0.15) is 0 Å². The molecule has 0 radical (unpaired) electrons. The van der Waals surface area contributed by atoms with Crippen LogP contribution in [0.2, 0.25) is 0 Å². The van der Waals surface area contributed by atoms with Gasteiger partial charge in [0, 0.05) is 18.5 Å². The third-order valence-corrected chi connectivity index (χ3v) is 3.15. The molecule has 0 saturated heterocycles. The molecule has 0 fully saturated rings. The molecule has 2 aromatic rings. The van der Waals surface area contributed by atoms with Crippen LogP contribution in [0, 0.1) is 0 Å². The van der Waals surface area contributed by atoms with Gasteiger partial charge in [-0.05, 0) is 31.0 Å². The van der Waals surface area contributed by atoms with Crippen molar-refractivity contribution in [3.05, 3.63) is 42.2 Å². The first-order valence-electron chi connectivity index (χ1n) is 7.13. The fourth-order valence-electron chi connectivity index (χ4n) is 2.02. The lowest BCUT2D eigenvalue weighted by Gasteiger charge is -2.06. The van der Waals surface area contributed by atoms with Crippen molar-refractivity contribution in [3.63, 3.8) is 0 Å². The summed E-state index contributed by atoms with van der Waals surface area (Å²) in [6.07, 6.45) is 5.64. The summed E-state index contributed by atoms with van der Waals surface area (Å²) in [4.78, 5) is 22.4. The summed E-state index contributed by atoms with van der Waals surface area (Å²) in [5.74, 6) is -0.936. The zero-order valence-corrected chi connectivity index (χ0v) is 12.1. The highest BCUT2D eigenvalue weighted by molar-refractivity contribution is 5.94. The lowest BCUT2D eigenvalue weighted by Crippen LogP contribution is -2.24. The third kappa shape index (κ3) is 4.69. The quantitative estimate of drug-likeness (QED) is 0.722. The minimum absolute atomic E-state index is 0.153. The van der Waals surface area contributed by atoms with E-state index in [1.165, 1.54) is 0 Å². The Balaban J connectivity index is 1.80. The molecule has 0 aliphatic rings. The van der Waals surface area contributed by atoms with E-state index in [-0.39, 0.29) is 12.3 Å². The van der Waals surface area contributed by atoms with E-state index in [1.54, 1.807) is 35.3 Å². The Bertz CT molecular complexity index is 625. The molecule has 0 aliphatic heterocycles. The lowest BCUT2D eigenvalue weighted by atomic mass is 10.1. The van der Waals surface area contributed by atoms with Crippen LogP contribution in [0.3, 0.4) is 0 Å².